The molecule has 2 N–H and O–H groups in total. The molecule has 1 saturated heterocycles. The van der Waals surface area contributed by atoms with E-state index in [-0.39, 0.29) is 31.1 Å². The second-order valence-corrected chi connectivity index (χ2v) is 9.05. The first-order valence-electron chi connectivity index (χ1n) is 11.4. The predicted octanol–water partition coefficient (Wildman–Crippen LogP) is 2.65. The van der Waals surface area contributed by atoms with Crippen LogP contribution in [0.1, 0.15) is 55.2 Å². The Kier molecular flexibility index (Phi) is 6.04. The van der Waals surface area contributed by atoms with E-state index in [9.17, 15) is 23.1 Å². The number of fused-ring (bicyclic) bond motifs is 1. The van der Waals surface area contributed by atoms with Crippen molar-refractivity contribution >= 4 is 11.9 Å². The quantitative estimate of drug-likeness (QED) is 0.639. The maximum absolute atomic E-state index is 13.4. The van der Waals surface area contributed by atoms with Gasteiger partial charge in [-0.1, -0.05) is 6.42 Å². The number of carbonyl (C=O) groups is 1. The molecule has 34 heavy (non-hydrogen) atoms. The molecule has 2 aromatic heterocycles. The molecule has 1 aliphatic carbocycles. The lowest BCUT2D eigenvalue weighted by Gasteiger charge is -2.31. The Hall–Kier alpha value is -2.96. The van der Waals surface area contributed by atoms with Crippen molar-refractivity contribution in [3.05, 3.63) is 23.4 Å². The molecule has 2 aromatic rings. The fraction of sp³-hybridized carbons (Fsp3) is 0.667. The molecular formula is C21H25F3N6O4. The first-order chi connectivity index (χ1) is 16.3. The van der Waals surface area contributed by atoms with Crippen LogP contribution < -0.4 is 10.1 Å². The molecule has 13 heteroatoms. The van der Waals surface area contributed by atoms with Crippen LogP contribution in [0.2, 0.25) is 0 Å². The van der Waals surface area contributed by atoms with Crippen LogP contribution in [-0.4, -0.2) is 61.2 Å². The molecule has 0 amide bonds. The van der Waals surface area contributed by atoms with Gasteiger partial charge < -0.3 is 24.5 Å². The number of hydrogen-bond donors (Lipinski definition) is 2. The Morgan fingerprint density at radius 1 is 1.24 bits per heavy atom. The smallest absolute Gasteiger partial charge is 0.423 e. The van der Waals surface area contributed by atoms with Gasteiger partial charge in [-0.3, -0.25) is 4.79 Å². The highest BCUT2D eigenvalue weighted by Gasteiger charge is 2.38. The maximum atomic E-state index is 13.4. The minimum Gasteiger partial charge on any atom is -0.481 e. The normalized spacial score (nSPS) is 25.3. The number of hydrogen-bond acceptors (Lipinski definition) is 8. The molecule has 1 unspecified atom stereocenters. The van der Waals surface area contributed by atoms with Gasteiger partial charge in [-0.2, -0.15) is 18.2 Å². The molecule has 1 saturated carbocycles. The summed E-state index contributed by atoms with van der Waals surface area (Å²) < 4.78 is 52.5. The van der Waals surface area contributed by atoms with Gasteiger partial charge in [0.25, 0.3) is 0 Å². The Labute approximate surface area is 192 Å². The largest absolute Gasteiger partial charge is 0.481 e. The van der Waals surface area contributed by atoms with Gasteiger partial charge in [-0.15, -0.1) is 10.2 Å². The molecule has 4 heterocycles. The molecule has 3 atom stereocenters. The summed E-state index contributed by atoms with van der Waals surface area (Å²) in [4.78, 5) is 19.2. The minimum absolute atomic E-state index is 0.0568. The Morgan fingerprint density at radius 2 is 2.06 bits per heavy atom. The van der Waals surface area contributed by atoms with Crippen molar-refractivity contribution in [2.75, 3.05) is 18.5 Å². The summed E-state index contributed by atoms with van der Waals surface area (Å²) in [6.07, 6.45) is -0.121. The summed E-state index contributed by atoms with van der Waals surface area (Å²) in [5, 5.41) is 21.0. The van der Waals surface area contributed by atoms with E-state index in [1.54, 1.807) is 0 Å². The molecule has 2 fully saturated rings. The predicted molar refractivity (Wildman–Crippen MR) is 110 cm³/mol. The van der Waals surface area contributed by atoms with Crippen molar-refractivity contribution in [2.45, 2.75) is 69.3 Å². The van der Waals surface area contributed by atoms with Crippen LogP contribution in [0.4, 0.5) is 19.1 Å². The van der Waals surface area contributed by atoms with Gasteiger partial charge in [0.1, 0.15) is 23.3 Å². The van der Waals surface area contributed by atoms with Gasteiger partial charge in [-0.05, 0) is 25.7 Å². The number of aliphatic carboxylic acids is 1. The number of halogens is 3. The monoisotopic (exact) mass is 482 g/mol. The van der Waals surface area contributed by atoms with Crippen molar-refractivity contribution in [2.24, 2.45) is 5.92 Å². The summed E-state index contributed by atoms with van der Waals surface area (Å²) in [5.41, 5.74) is -1.01. The fourth-order valence-electron chi connectivity index (χ4n) is 4.76. The molecule has 10 nitrogen and oxygen atoms in total. The zero-order chi connectivity index (χ0) is 23.9. The number of alkyl halides is 3. The first kappa shape index (κ1) is 22.8. The number of rotatable bonds is 6. The first-order valence-corrected chi connectivity index (χ1v) is 11.4. The minimum atomic E-state index is -4.62. The molecule has 0 radical (unpaired) electrons. The summed E-state index contributed by atoms with van der Waals surface area (Å²) in [7, 11) is 0. The average molecular weight is 482 g/mol. The summed E-state index contributed by atoms with van der Waals surface area (Å²) in [6, 6.07) is -0.0568. The molecule has 2 aliphatic heterocycles. The van der Waals surface area contributed by atoms with E-state index in [1.807, 2.05) is 4.57 Å². The third kappa shape index (κ3) is 4.65. The van der Waals surface area contributed by atoms with Crippen molar-refractivity contribution < 1.29 is 32.5 Å². The van der Waals surface area contributed by atoms with Crippen LogP contribution in [0.3, 0.4) is 0 Å². The van der Waals surface area contributed by atoms with Gasteiger partial charge in [0.15, 0.2) is 0 Å². The van der Waals surface area contributed by atoms with E-state index >= 15 is 0 Å². The van der Waals surface area contributed by atoms with Gasteiger partial charge in [0.05, 0.1) is 19.1 Å². The van der Waals surface area contributed by atoms with Crippen LogP contribution in [-0.2, 0) is 28.7 Å². The number of nitrogens with one attached hydrogen (secondary N) is 1. The van der Waals surface area contributed by atoms with Crippen LogP contribution in [0.25, 0.3) is 0 Å². The molecular weight excluding hydrogens is 457 g/mol. The highest BCUT2D eigenvalue weighted by molar-refractivity contribution is 5.70. The van der Waals surface area contributed by atoms with E-state index in [2.05, 4.69) is 25.5 Å². The SMILES string of the molecule is O=C(O)C1CCn2c(nnc2[C@H]2CCC[C@@H](Nc3ncc(C(F)(F)F)c(OC4COC4)n3)C2)C1. The van der Waals surface area contributed by atoms with Crippen LogP contribution >= 0.6 is 0 Å². The van der Waals surface area contributed by atoms with Crippen molar-refractivity contribution in [1.29, 1.82) is 0 Å². The van der Waals surface area contributed by atoms with Gasteiger partial charge in [0.2, 0.25) is 11.8 Å². The Bertz CT molecular complexity index is 1060. The highest BCUT2D eigenvalue weighted by Crippen LogP contribution is 2.37. The number of carboxylic acids is 1. The maximum Gasteiger partial charge on any atom is 0.423 e. The van der Waals surface area contributed by atoms with Gasteiger partial charge in [-0.25, -0.2) is 4.98 Å². The van der Waals surface area contributed by atoms with E-state index in [4.69, 9.17) is 9.47 Å². The fourth-order valence-corrected chi connectivity index (χ4v) is 4.76. The third-order valence-corrected chi connectivity index (χ3v) is 6.65. The molecule has 0 spiro atoms. The summed E-state index contributed by atoms with van der Waals surface area (Å²) >= 11 is 0. The van der Waals surface area contributed by atoms with E-state index in [1.165, 1.54) is 0 Å². The second kappa shape index (κ2) is 9.01. The third-order valence-electron chi connectivity index (χ3n) is 6.65. The number of anilines is 1. The molecule has 3 aliphatic rings. The van der Waals surface area contributed by atoms with Crippen LogP contribution in [0.15, 0.2) is 6.20 Å². The molecule has 0 aromatic carbocycles. The van der Waals surface area contributed by atoms with E-state index < -0.39 is 35.6 Å². The summed E-state index contributed by atoms with van der Waals surface area (Å²) in [6.45, 7) is 1.02. The van der Waals surface area contributed by atoms with Crippen molar-refractivity contribution in [1.82, 2.24) is 24.7 Å². The van der Waals surface area contributed by atoms with Crippen molar-refractivity contribution in [3.8, 4) is 5.88 Å². The van der Waals surface area contributed by atoms with Gasteiger partial charge in [0, 0.05) is 31.1 Å². The standard InChI is InChI=1S/C21H25F3N6O4/c22-21(23,24)15-8-25-20(27-18(15)34-14-9-33-10-14)26-13-3-1-2-11(6-13)17-29-28-16-7-12(19(31)32)4-5-30(16)17/h8,11-14H,1-7,9-10H2,(H,31,32)(H,25,26,27)/t11-,12?,13+/m0/s1. The second-order valence-electron chi connectivity index (χ2n) is 9.05. The van der Waals surface area contributed by atoms with Crippen LogP contribution in [0.5, 0.6) is 5.88 Å². The molecule has 5 rings (SSSR count). The van der Waals surface area contributed by atoms with E-state index in [0.717, 1.165) is 31.3 Å². The Morgan fingerprint density at radius 3 is 2.76 bits per heavy atom. The average Bonchev–Trinajstić information content (AvgIpc) is 3.19. The van der Waals surface area contributed by atoms with Crippen molar-refractivity contribution in [3.63, 3.8) is 0 Å². The zero-order valence-electron chi connectivity index (χ0n) is 18.3. The highest BCUT2D eigenvalue weighted by atomic mass is 19.4. The Balaban J connectivity index is 1.29. The number of ether oxygens (including phenoxy) is 2. The number of carboxylic acid groups (broad SMARTS) is 1. The van der Waals surface area contributed by atoms with Gasteiger partial charge >= 0.3 is 12.1 Å². The topological polar surface area (TPSA) is 124 Å². The molecule has 0 bridgehead atoms. The molecule has 184 valence electrons. The number of nitrogens with zero attached hydrogens (tertiary/aromatic N) is 5. The zero-order valence-corrected chi connectivity index (χ0v) is 18.3. The number of aromatic nitrogens is 5. The lowest BCUT2D eigenvalue weighted by atomic mass is 9.85. The lowest BCUT2D eigenvalue weighted by molar-refractivity contribution is -0.143. The summed E-state index contributed by atoms with van der Waals surface area (Å²) in [5.74, 6) is -0.0328. The van der Waals surface area contributed by atoms with Crippen LogP contribution in [0, 0.1) is 5.92 Å². The lowest BCUT2D eigenvalue weighted by Crippen LogP contribution is -2.39. The van der Waals surface area contributed by atoms with E-state index in [0.29, 0.717) is 31.6 Å².